The van der Waals surface area contributed by atoms with E-state index < -0.39 is 11.7 Å². The van der Waals surface area contributed by atoms with Gasteiger partial charge in [0.1, 0.15) is 0 Å². The first kappa shape index (κ1) is 16.8. The van der Waals surface area contributed by atoms with Gasteiger partial charge in [-0.05, 0) is 37.5 Å². The molecule has 0 aliphatic carbocycles. The van der Waals surface area contributed by atoms with Crippen molar-refractivity contribution in [2.45, 2.75) is 25.4 Å². The summed E-state index contributed by atoms with van der Waals surface area (Å²) in [5, 5.41) is 10.6. The second kappa shape index (κ2) is 6.80. The van der Waals surface area contributed by atoms with Gasteiger partial charge in [-0.25, -0.2) is 0 Å². The van der Waals surface area contributed by atoms with Crippen molar-refractivity contribution in [1.82, 2.24) is 15.2 Å². The summed E-state index contributed by atoms with van der Waals surface area (Å²) in [4.78, 5) is 6.41. The van der Waals surface area contributed by atoms with Gasteiger partial charge in [-0.3, -0.25) is 0 Å². The molecule has 1 aromatic heterocycles. The van der Waals surface area contributed by atoms with Gasteiger partial charge >= 0.3 is 6.18 Å². The molecule has 1 aliphatic heterocycles. The lowest BCUT2D eigenvalue weighted by Crippen LogP contribution is -2.30. The molecule has 5 nitrogen and oxygen atoms in total. The quantitative estimate of drug-likeness (QED) is 0.888. The van der Waals surface area contributed by atoms with Crippen LogP contribution in [0.15, 0.2) is 24.4 Å². The number of piperidine rings is 1. The van der Waals surface area contributed by atoms with Crippen molar-refractivity contribution < 1.29 is 13.2 Å². The van der Waals surface area contributed by atoms with E-state index in [0.717, 1.165) is 38.1 Å². The molecule has 1 aliphatic rings. The van der Waals surface area contributed by atoms with Gasteiger partial charge in [0.05, 0.1) is 22.5 Å². The third-order valence-electron chi connectivity index (χ3n) is 3.77. The van der Waals surface area contributed by atoms with Gasteiger partial charge in [0.25, 0.3) is 0 Å². The third-order valence-corrected chi connectivity index (χ3v) is 4.10. The standard InChI is InChI=1S/C15H15ClF3N5/c16-11-5-4-10(15(17,18)19)8-12(11)21-14-22-13(9-20-23-14)24-6-2-1-3-7-24/h4-5,8-9H,1-3,6-7H2,(H,21,22,23). The number of benzene rings is 1. The highest BCUT2D eigenvalue weighted by Gasteiger charge is 2.31. The molecule has 1 aromatic carbocycles. The second-order valence-electron chi connectivity index (χ2n) is 5.50. The maximum absolute atomic E-state index is 12.8. The predicted molar refractivity (Wildman–Crippen MR) is 85.6 cm³/mol. The second-order valence-corrected chi connectivity index (χ2v) is 5.91. The number of rotatable bonds is 3. The highest BCUT2D eigenvalue weighted by molar-refractivity contribution is 6.33. The van der Waals surface area contributed by atoms with Gasteiger partial charge in [0.2, 0.25) is 5.95 Å². The van der Waals surface area contributed by atoms with Gasteiger partial charge in [-0.15, -0.1) is 5.10 Å². The van der Waals surface area contributed by atoms with E-state index in [1.54, 1.807) is 6.20 Å². The lowest BCUT2D eigenvalue weighted by molar-refractivity contribution is -0.137. The monoisotopic (exact) mass is 357 g/mol. The van der Waals surface area contributed by atoms with E-state index in [2.05, 4.69) is 25.4 Å². The average Bonchev–Trinajstić information content (AvgIpc) is 2.57. The fourth-order valence-corrected chi connectivity index (χ4v) is 2.71. The number of hydrogen-bond acceptors (Lipinski definition) is 5. The Morgan fingerprint density at radius 3 is 2.58 bits per heavy atom. The van der Waals surface area contributed by atoms with Crippen molar-refractivity contribution >= 4 is 29.1 Å². The van der Waals surface area contributed by atoms with Crippen LogP contribution in [0, 0.1) is 0 Å². The molecule has 1 saturated heterocycles. The number of anilines is 3. The molecule has 0 spiro atoms. The van der Waals surface area contributed by atoms with Crippen LogP contribution in [-0.4, -0.2) is 28.3 Å². The zero-order valence-corrected chi connectivity index (χ0v) is 13.4. The first-order chi connectivity index (χ1) is 11.4. The Labute approximate surface area is 141 Å². The Kier molecular flexibility index (Phi) is 4.75. The average molecular weight is 358 g/mol. The fraction of sp³-hybridized carbons (Fsp3) is 0.400. The fourth-order valence-electron chi connectivity index (χ4n) is 2.54. The zero-order valence-electron chi connectivity index (χ0n) is 12.6. The van der Waals surface area contributed by atoms with Crippen LogP contribution in [0.1, 0.15) is 24.8 Å². The van der Waals surface area contributed by atoms with Gasteiger partial charge < -0.3 is 10.2 Å². The normalized spacial score (nSPS) is 15.4. The highest BCUT2D eigenvalue weighted by atomic mass is 35.5. The lowest BCUT2D eigenvalue weighted by Gasteiger charge is -2.27. The summed E-state index contributed by atoms with van der Waals surface area (Å²) in [6.07, 6.45) is 0.429. The summed E-state index contributed by atoms with van der Waals surface area (Å²) in [6, 6.07) is 3.05. The molecule has 1 fully saturated rings. The minimum Gasteiger partial charge on any atom is -0.355 e. The number of halogens is 4. The molecular weight excluding hydrogens is 343 g/mol. The van der Waals surface area contributed by atoms with Crippen molar-refractivity contribution in [3.63, 3.8) is 0 Å². The molecule has 128 valence electrons. The van der Waals surface area contributed by atoms with E-state index in [1.165, 1.54) is 12.5 Å². The number of nitrogens with one attached hydrogen (secondary N) is 1. The van der Waals surface area contributed by atoms with E-state index >= 15 is 0 Å². The highest BCUT2D eigenvalue weighted by Crippen LogP contribution is 2.34. The van der Waals surface area contributed by atoms with E-state index in [1.807, 2.05) is 0 Å². The molecule has 3 rings (SSSR count). The first-order valence-corrected chi connectivity index (χ1v) is 7.90. The number of hydrogen-bond donors (Lipinski definition) is 1. The van der Waals surface area contributed by atoms with Crippen molar-refractivity contribution in [3.8, 4) is 0 Å². The molecule has 24 heavy (non-hydrogen) atoms. The summed E-state index contributed by atoms with van der Waals surface area (Å²) in [5.41, 5.74) is -0.710. The lowest BCUT2D eigenvalue weighted by atomic mass is 10.1. The maximum atomic E-state index is 12.8. The van der Waals surface area contributed by atoms with Crippen LogP contribution in [-0.2, 0) is 6.18 Å². The van der Waals surface area contributed by atoms with E-state index in [0.29, 0.717) is 5.82 Å². The molecule has 2 aromatic rings. The third kappa shape index (κ3) is 3.87. The van der Waals surface area contributed by atoms with Gasteiger partial charge in [0, 0.05) is 13.1 Å². The summed E-state index contributed by atoms with van der Waals surface area (Å²) in [5.74, 6) is 0.759. The van der Waals surface area contributed by atoms with Crippen LogP contribution >= 0.6 is 11.6 Å². The Morgan fingerprint density at radius 1 is 1.12 bits per heavy atom. The molecular formula is C15H15ClF3N5. The van der Waals surface area contributed by atoms with Crippen LogP contribution in [0.25, 0.3) is 0 Å². The minimum atomic E-state index is -4.45. The van der Waals surface area contributed by atoms with Gasteiger partial charge in [-0.1, -0.05) is 11.6 Å². The molecule has 0 saturated carbocycles. The predicted octanol–water partition coefficient (Wildman–Crippen LogP) is 4.28. The van der Waals surface area contributed by atoms with Crippen molar-refractivity contribution in [3.05, 3.63) is 35.0 Å². The molecule has 0 bridgehead atoms. The van der Waals surface area contributed by atoms with E-state index in [-0.39, 0.29) is 16.7 Å². The molecule has 0 atom stereocenters. The summed E-state index contributed by atoms with van der Waals surface area (Å²) < 4.78 is 38.5. The zero-order chi connectivity index (χ0) is 17.2. The van der Waals surface area contributed by atoms with Crippen LogP contribution in [0.2, 0.25) is 5.02 Å². The number of nitrogens with zero attached hydrogens (tertiary/aromatic N) is 4. The molecule has 9 heteroatoms. The Morgan fingerprint density at radius 2 is 1.88 bits per heavy atom. The van der Waals surface area contributed by atoms with Gasteiger partial charge in [0.15, 0.2) is 5.82 Å². The summed E-state index contributed by atoms with van der Waals surface area (Å²) in [6.45, 7) is 1.75. The molecule has 1 N–H and O–H groups in total. The summed E-state index contributed by atoms with van der Waals surface area (Å²) in [7, 11) is 0. The van der Waals surface area contributed by atoms with Crippen molar-refractivity contribution in [2.75, 3.05) is 23.3 Å². The van der Waals surface area contributed by atoms with Crippen LogP contribution in [0.4, 0.5) is 30.6 Å². The van der Waals surface area contributed by atoms with Gasteiger partial charge in [-0.2, -0.15) is 23.3 Å². The maximum Gasteiger partial charge on any atom is 0.416 e. The Balaban J connectivity index is 1.83. The molecule has 0 amide bonds. The summed E-state index contributed by atoms with van der Waals surface area (Å²) >= 11 is 5.97. The molecule has 0 unspecified atom stereocenters. The Hall–Kier alpha value is -2.09. The SMILES string of the molecule is FC(F)(F)c1ccc(Cl)c(Nc2nncc(N3CCCCC3)n2)c1. The minimum absolute atomic E-state index is 0.0871. The largest absolute Gasteiger partial charge is 0.416 e. The van der Waals surface area contributed by atoms with E-state index in [4.69, 9.17) is 11.6 Å². The van der Waals surface area contributed by atoms with Crippen molar-refractivity contribution in [2.24, 2.45) is 0 Å². The van der Waals surface area contributed by atoms with E-state index in [9.17, 15) is 13.2 Å². The number of aromatic nitrogens is 3. The van der Waals surface area contributed by atoms with Crippen LogP contribution < -0.4 is 10.2 Å². The first-order valence-electron chi connectivity index (χ1n) is 7.52. The van der Waals surface area contributed by atoms with Crippen LogP contribution in [0.5, 0.6) is 0 Å². The Bertz CT molecular complexity index is 716. The smallest absolute Gasteiger partial charge is 0.355 e. The molecule has 2 heterocycles. The topological polar surface area (TPSA) is 53.9 Å². The molecule has 0 radical (unpaired) electrons. The number of alkyl halides is 3. The van der Waals surface area contributed by atoms with Crippen molar-refractivity contribution in [1.29, 1.82) is 0 Å². The van der Waals surface area contributed by atoms with Crippen LogP contribution in [0.3, 0.4) is 0 Å².